The summed E-state index contributed by atoms with van der Waals surface area (Å²) in [6.45, 7) is 4.66. The number of benzene rings is 1. The van der Waals surface area contributed by atoms with Crippen molar-refractivity contribution in [1.82, 2.24) is 10.2 Å². The van der Waals surface area contributed by atoms with Crippen molar-refractivity contribution < 1.29 is 9.59 Å². The van der Waals surface area contributed by atoms with Gasteiger partial charge in [0.1, 0.15) is 5.54 Å². The maximum Gasteiger partial charge on any atom is 0.253 e. The molecule has 0 spiro atoms. The molecule has 102 valence electrons. The summed E-state index contributed by atoms with van der Waals surface area (Å²) in [5.74, 6) is -0.117. The smallest absolute Gasteiger partial charge is 0.253 e. The molecule has 0 aromatic heterocycles. The molecule has 2 amide bonds. The molecule has 0 bridgehead atoms. The van der Waals surface area contributed by atoms with Crippen LogP contribution in [0.3, 0.4) is 0 Å². The molecule has 1 saturated heterocycles. The van der Waals surface area contributed by atoms with Crippen molar-refractivity contribution in [3.05, 3.63) is 35.9 Å². The lowest BCUT2D eigenvalue weighted by Crippen LogP contribution is -2.63. The van der Waals surface area contributed by atoms with Crippen LogP contribution in [0.15, 0.2) is 30.3 Å². The monoisotopic (exact) mass is 260 g/mol. The number of rotatable bonds is 4. The highest BCUT2D eigenvalue weighted by Crippen LogP contribution is 2.26. The molecular formula is C15H20N2O2. The van der Waals surface area contributed by atoms with E-state index in [2.05, 4.69) is 12.2 Å². The normalized spacial score (nSPS) is 23.4. The standard InChI is InChI=1S/C15H20N2O2/c1-3-4-10-17-11-13(18)16-15(2,14(17)19)12-8-6-5-7-9-12/h5-9H,3-4,10-11H2,1-2H3,(H,16,18). The Morgan fingerprint density at radius 2 is 1.95 bits per heavy atom. The van der Waals surface area contributed by atoms with Gasteiger partial charge in [-0.25, -0.2) is 0 Å². The second-order valence-electron chi connectivity index (χ2n) is 5.12. The summed E-state index contributed by atoms with van der Waals surface area (Å²) in [4.78, 5) is 26.1. The second-order valence-corrected chi connectivity index (χ2v) is 5.12. The topological polar surface area (TPSA) is 49.4 Å². The molecule has 1 atom stereocenters. The largest absolute Gasteiger partial charge is 0.337 e. The molecule has 1 aromatic rings. The van der Waals surface area contributed by atoms with E-state index in [1.54, 1.807) is 11.8 Å². The zero-order chi connectivity index (χ0) is 13.9. The van der Waals surface area contributed by atoms with Gasteiger partial charge < -0.3 is 10.2 Å². The molecule has 1 aromatic carbocycles. The van der Waals surface area contributed by atoms with Crippen LogP contribution in [0.4, 0.5) is 0 Å². The minimum atomic E-state index is -0.940. The Hall–Kier alpha value is -1.84. The summed E-state index contributed by atoms with van der Waals surface area (Å²) >= 11 is 0. The predicted molar refractivity (Wildman–Crippen MR) is 73.4 cm³/mol. The summed E-state index contributed by atoms with van der Waals surface area (Å²) in [5.41, 5.74) is -0.112. The molecule has 1 aliphatic rings. The van der Waals surface area contributed by atoms with Crippen LogP contribution in [0.5, 0.6) is 0 Å². The zero-order valence-electron chi connectivity index (χ0n) is 11.5. The van der Waals surface area contributed by atoms with Crippen LogP contribution in [0, 0.1) is 0 Å². The first-order valence-electron chi connectivity index (χ1n) is 6.74. The summed E-state index contributed by atoms with van der Waals surface area (Å²) in [7, 11) is 0. The van der Waals surface area contributed by atoms with Crippen LogP contribution in [0.1, 0.15) is 32.3 Å². The predicted octanol–water partition coefficient (Wildman–Crippen LogP) is 1.66. The minimum absolute atomic E-state index is 0.0215. The number of carbonyl (C=O) groups is 2. The van der Waals surface area contributed by atoms with Gasteiger partial charge in [0.05, 0.1) is 6.54 Å². The van der Waals surface area contributed by atoms with Crippen molar-refractivity contribution >= 4 is 11.8 Å². The summed E-state index contributed by atoms with van der Waals surface area (Å²) in [5, 5.41) is 2.84. The minimum Gasteiger partial charge on any atom is -0.337 e. The lowest BCUT2D eigenvalue weighted by Gasteiger charge is -2.40. The Kier molecular flexibility index (Phi) is 3.88. The number of hydrogen-bond acceptors (Lipinski definition) is 2. The van der Waals surface area contributed by atoms with Crippen molar-refractivity contribution in [3.63, 3.8) is 0 Å². The molecule has 1 aliphatic heterocycles. The van der Waals surface area contributed by atoms with Gasteiger partial charge in [-0.3, -0.25) is 9.59 Å². The van der Waals surface area contributed by atoms with E-state index in [4.69, 9.17) is 0 Å². The van der Waals surface area contributed by atoms with E-state index < -0.39 is 5.54 Å². The van der Waals surface area contributed by atoms with Gasteiger partial charge in [0, 0.05) is 6.54 Å². The Balaban J connectivity index is 2.28. The third-order valence-corrected chi connectivity index (χ3v) is 3.57. The van der Waals surface area contributed by atoms with Gasteiger partial charge in [0.2, 0.25) is 5.91 Å². The quantitative estimate of drug-likeness (QED) is 0.895. The van der Waals surface area contributed by atoms with Crippen molar-refractivity contribution in [2.24, 2.45) is 0 Å². The Labute approximate surface area is 113 Å². The van der Waals surface area contributed by atoms with E-state index in [0.29, 0.717) is 6.54 Å². The highest BCUT2D eigenvalue weighted by atomic mass is 16.2. The van der Waals surface area contributed by atoms with Crippen LogP contribution < -0.4 is 5.32 Å². The van der Waals surface area contributed by atoms with Crippen molar-refractivity contribution in [1.29, 1.82) is 0 Å². The number of nitrogens with zero attached hydrogens (tertiary/aromatic N) is 1. The van der Waals surface area contributed by atoms with Gasteiger partial charge >= 0.3 is 0 Å². The molecule has 0 radical (unpaired) electrons. The number of unbranched alkanes of at least 4 members (excludes halogenated alkanes) is 1. The second kappa shape index (κ2) is 5.43. The summed E-state index contributed by atoms with van der Waals surface area (Å²) < 4.78 is 0. The van der Waals surface area contributed by atoms with Gasteiger partial charge in [0.15, 0.2) is 0 Å². The van der Waals surface area contributed by atoms with Gasteiger partial charge in [-0.05, 0) is 18.9 Å². The molecule has 1 N–H and O–H groups in total. The highest BCUT2D eigenvalue weighted by molar-refractivity contribution is 5.98. The van der Waals surface area contributed by atoms with E-state index in [9.17, 15) is 9.59 Å². The van der Waals surface area contributed by atoms with E-state index in [-0.39, 0.29) is 18.4 Å². The Bertz CT molecular complexity index is 472. The van der Waals surface area contributed by atoms with Crippen LogP contribution in [-0.4, -0.2) is 29.8 Å². The van der Waals surface area contributed by atoms with Crippen molar-refractivity contribution in [2.45, 2.75) is 32.2 Å². The molecule has 1 fully saturated rings. The lowest BCUT2D eigenvalue weighted by atomic mass is 9.88. The van der Waals surface area contributed by atoms with E-state index in [0.717, 1.165) is 18.4 Å². The number of amides is 2. The SMILES string of the molecule is CCCCN1CC(=O)NC(C)(c2ccccc2)C1=O. The number of nitrogens with one attached hydrogen (secondary N) is 1. The number of piperazine rings is 1. The average Bonchev–Trinajstić information content (AvgIpc) is 2.42. The average molecular weight is 260 g/mol. The first kappa shape index (κ1) is 13.6. The third kappa shape index (κ3) is 2.62. The Morgan fingerprint density at radius 1 is 1.26 bits per heavy atom. The summed E-state index contributed by atoms with van der Waals surface area (Å²) in [6.07, 6.45) is 1.93. The van der Waals surface area contributed by atoms with Crippen LogP contribution in [0.2, 0.25) is 0 Å². The molecule has 1 heterocycles. The molecule has 19 heavy (non-hydrogen) atoms. The molecular weight excluding hydrogens is 240 g/mol. The fraction of sp³-hybridized carbons (Fsp3) is 0.467. The Morgan fingerprint density at radius 3 is 2.58 bits per heavy atom. The molecule has 1 unspecified atom stereocenters. The number of carbonyl (C=O) groups excluding carboxylic acids is 2. The molecule has 0 aliphatic carbocycles. The van der Waals surface area contributed by atoms with E-state index in [1.165, 1.54) is 0 Å². The first-order valence-corrected chi connectivity index (χ1v) is 6.74. The molecule has 4 heteroatoms. The highest BCUT2D eigenvalue weighted by Gasteiger charge is 2.43. The fourth-order valence-corrected chi connectivity index (χ4v) is 2.43. The molecule has 4 nitrogen and oxygen atoms in total. The summed E-state index contributed by atoms with van der Waals surface area (Å²) in [6, 6.07) is 9.41. The fourth-order valence-electron chi connectivity index (χ4n) is 2.43. The van der Waals surface area contributed by atoms with E-state index >= 15 is 0 Å². The van der Waals surface area contributed by atoms with Crippen LogP contribution in [0.25, 0.3) is 0 Å². The van der Waals surface area contributed by atoms with E-state index in [1.807, 2.05) is 30.3 Å². The van der Waals surface area contributed by atoms with Crippen LogP contribution >= 0.6 is 0 Å². The third-order valence-electron chi connectivity index (χ3n) is 3.57. The first-order chi connectivity index (χ1) is 9.08. The number of hydrogen-bond donors (Lipinski definition) is 1. The zero-order valence-corrected chi connectivity index (χ0v) is 11.5. The van der Waals surface area contributed by atoms with Gasteiger partial charge in [-0.15, -0.1) is 0 Å². The van der Waals surface area contributed by atoms with Crippen molar-refractivity contribution in [3.8, 4) is 0 Å². The maximum absolute atomic E-state index is 12.6. The molecule has 2 rings (SSSR count). The van der Waals surface area contributed by atoms with Gasteiger partial charge in [0.25, 0.3) is 5.91 Å². The maximum atomic E-state index is 12.6. The van der Waals surface area contributed by atoms with Crippen LogP contribution in [-0.2, 0) is 15.1 Å². The molecule has 0 saturated carbocycles. The van der Waals surface area contributed by atoms with Crippen molar-refractivity contribution in [2.75, 3.05) is 13.1 Å². The van der Waals surface area contributed by atoms with Gasteiger partial charge in [-0.1, -0.05) is 43.7 Å². The lowest BCUT2D eigenvalue weighted by molar-refractivity contribution is -0.149. The van der Waals surface area contributed by atoms with Gasteiger partial charge in [-0.2, -0.15) is 0 Å².